The van der Waals surface area contributed by atoms with Crippen LogP contribution in [0.2, 0.25) is 0 Å². The highest BCUT2D eigenvalue weighted by Crippen LogP contribution is 2.29. The molecule has 0 aliphatic carbocycles. The van der Waals surface area contributed by atoms with Crippen LogP contribution in [0.25, 0.3) is 0 Å². The molecule has 2 heterocycles. The van der Waals surface area contributed by atoms with Crippen molar-refractivity contribution in [3.8, 4) is 0 Å². The fraction of sp³-hybridized carbons (Fsp3) is 0.353. The first kappa shape index (κ1) is 16.9. The molecule has 1 aliphatic rings. The molecule has 1 N–H and O–H groups in total. The summed E-state index contributed by atoms with van der Waals surface area (Å²) in [4.78, 5) is 6.39. The van der Waals surface area contributed by atoms with Gasteiger partial charge in [0.25, 0.3) is 0 Å². The third-order valence-electron chi connectivity index (χ3n) is 4.22. The quantitative estimate of drug-likeness (QED) is 0.908. The predicted octanol–water partition coefficient (Wildman–Crippen LogP) is 1.48. The van der Waals surface area contributed by atoms with Gasteiger partial charge in [0.05, 0.1) is 10.9 Å². The van der Waals surface area contributed by atoms with Crippen LogP contribution >= 0.6 is 0 Å². The van der Waals surface area contributed by atoms with Gasteiger partial charge in [0, 0.05) is 51.8 Å². The lowest BCUT2D eigenvalue weighted by molar-refractivity contribution is 0.271. The second kappa shape index (κ2) is 6.88. The zero-order valence-corrected chi connectivity index (χ0v) is 14.7. The standard InChI is InChI=1S/C17H22N4O2S/c1-20(2)15-5-7-16(8-6-15)24(22,23)21-11-10-19-13-17(21)14-4-3-9-18-12-14/h3-9,12,17,19H,10-11,13H2,1-2H3. The summed E-state index contributed by atoms with van der Waals surface area (Å²) in [5, 5.41) is 3.27. The van der Waals surface area contributed by atoms with Gasteiger partial charge in [-0.25, -0.2) is 8.42 Å². The molecule has 128 valence electrons. The summed E-state index contributed by atoms with van der Waals surface area (Å²) in [7, 11) is 0.303. The van der Waals surface area contributed by atoms with Crippen molar-refractivity contribution in [2.24, 2.45) is 0 Å². The van der Waals surface area contributed by atoms with Gasteiger partial charge in [-0.1, -0.05) is 6.07 Å². The number of nitrogens with one attached hydrogen (secondary N) is 1. The van der Waals surface area contributed by atoms with Gasteiger partial charge >= 0.3 is 0 Å². The second-order valence-corrected chi connectivity index (χ2v) is 7.90. The molecule has 6 nitrogen and oxygen atoms in total. The van der Waals surface area contributed by atoms with Crippen molar-refractivity contribution in [2.75, 3.05) is 38.6 Å². The molecule has 1 saturated heterocycles. The summed E-state index contributed by atoms with van der Waals surface area (Å²) in [5.74, 6) is 0. The molecule has 1 fully saturated rings. The molecule has 0 saturated carbocycles. The minimum Gasteiger partial charge on any atom is -0.378 e. The molecule has 24 heavy (non-hydrogen) atoms. The number of nitrogens with zero attached hydrogens (tertiary/aromatic N) is 3. The Hall–Kier alpha value is -1.96. The molecule has 0 radical (unpaired) electrons. The minimum atomic E-state index is -3.55. The molecular formula is C17H22N4O2S. The van der Waals surface area contributed by atoms with E-state index < -0.39 is 10.0 Å². The molecule has 7 heteroatoms. The number of sulfonamides is 1. The van der Waals surface area contributed by atoms with E-state index in [1.165, 1.54) is 0 Å². The average molecular weight is 346 g/mol. The van der Waals surface area contributed by atoms with E-state index in [1.54, 1.807) is 28.8 Å². The van der Waals surface area contributed by atoms with Crippen LogP contribution in [0.4, 0.5) is 5.69 Å². The minimum absolute atomic E-state index is 0.244. The highest BCUT2D eigenvalue weighted by molar-refractivity contribution is 7.89. The largest absolute Gasteiger partial charge is 0.378 e. The topological polar surface area (TPSA) is 65.5 Å². The number of pyridine rings is 1. The van der Waals surface area contributed by atoms with E-state index in [1.807, 2.05) is 43.3 Å². The SMILES string of the molecule is CN(C)c1ccc(S(=O)(=O)N2CCNCC2c2cccnc2)cc1. The zero-order chi connectivity index (χ0) is 17.2. The maximum absolute atomic E-state index is 13.1. The van der Waals surface area contributed by atoms with Crippen LogP contribution in [0.3, 0.4) is 0 Å². The van der Waals surface area contributed by atoms with Gasteiger partial charge in [0.15, 0.2) is 0 Å². The van der Waals surface area contributed by atoms with Crippen LogP contribution < -0.4 is 10.2 Å². The van der Waals surface area contributed by atoms with E-state index in [9.17, 15) is 8.42 Å². The number of aromatic nitrogens is 1. The predicted molar refractivity (Wildman–Crippen MR) is 94.5 cm³/mol. The van der Waals surface area contributed by atoms with Gasteiger partial charge in [-0.3, -0.25) is 4.98 Å². The third kappa shape index (κ3) is 3.28. The van der Waals surface area contributed by atoms with E-state index in [2.05, 4.69) is 10.3 Å². The summed E-state index contributed by atoms with van der Waals surface area (Å²) in [6, 6.07) is 10.5. The molecule has 1 aromatic carbocycles. The van der Waals surface area contributed by atoms with E-state index in [0.717, 1.165) is 11.3 Å². The number of hydrogen-bond donors (Lipinski definition) is 1. The van der Waals surface area contributed by atoms with Gasteiger partial charge < -0.3 is 10.2 Å². The van der Waals surface area contributed by atoms with Crippen molar-refractivity contribution >= 4 is 15.7 Å². The van der Waals surface area contributed by atoms with Crippen molar-refractivity contribution < 1.29 is 8.42 Å². The van der Waals surface area contributed by atoms with E-state index in [4.69, 9.17) is 0 Å². The Labute approximate surface area is 143 Å². The number of hydrogen-bond acceptors (Lipinski definition) is 5. The number of piperazine rings is 1. The fourth-order valence-electron chi connectivity index (χ4n) is 2.88. The van der Waals surface area contributed by atoms with Crippen molar-refractivity contribution in [3.05, 3.63) is 54.4 Å². The Morgan fingerprint density at radius 2 is 1.96 bits per heavy atom. The first-order chi connectivity index (χ1) is 11.5. The molecule has 1 aliphatic heterocycles. The van der Waals surface area contributed by atoms with Crippen molar-refractivity contribution in [2.45, 2.75) is 10.9 Å². The summed E-state index contributed by atoms with van der Waals surface area (Å²) in [6.07, 6.45) is 3.42. The smallest absolute Gasteiger partial charge is 0.243 e. The lowest BCUT2D eigenvalue weighted by Gasteiger charge is -2.35. The summed E-state index contributed by atoms with van der Waals surface area (Å²) in [5.41, 5.74) is 1.87. The van der Waals surface area contributed by atoms with Crippen LogP contribution in [0, 0.1) is 0 Å². The maximum Gasteiger partial charge on any atom is 0.243 e. The molecule has 3 rings (SSSR count). The summed E-state index contributed by atoms with van der Waals surface area (Å²) >= 11 is 0. The zero-order valence-electron chi connectivity index (χ0n) is 13.9. The second-order valence-electron chi connectivity index (χ2n) is 6.01. The van der Waals surface area contributed by atoms with Crippen molar-refractivity contribution in [1.82, 2.24) is 14.6 Å². The first-order valence-corrected chi connectivity index (χ1v) is 9.34. The molecule has 1 aromatic heterocycles. The van der Waals surface area contributed by atoms with E-state index >= 15 is 0 Å². The van der Waals surface area contributed by atoms with Crippen LogP contribution in [-0.4, -0.2) is 51.4 Å². The molecule has 0 spiro atoms. The van der Waals surface area contributed by atoms with Gasteiger partial charge in [0.1, 0.15) is 0 Å². The molecule has 1 atom stereocenters. The van der Waals surface area contributed by atoms with Crippen LogP contribution in [0.1, 0.15) is 11.6 Å². The Bertz CT molecular complexity index is 776. The van der Waals surface area contributed by atoms with Crippen LogP contribution in [0.15, 0.2) is 53.7 Å². The molecule has 2 aromatic rings. The first-order valence-electron chi connectivity index (χ1n) is 7.90. The molecule has 0 amide bonds. The van der Waals surface area contributed by atoms with Gasteiger partial charge in [-0.2, -0.15) is 4.31 Å². The lowest BCUT2D eigenvalue weighted by atomic mass is 10.1. The number of anilines is 1. The highest BCUT2D eigenvalue weighted by atomic mass is 32.2. The lowest BCUT2D eigenvalue weighted by Crippen LogP contribution is -2.48. The molecule has 1 unspecified atom stereocenters. The fourth-order valence-corrected chi connectivity index (χ4v) is 4.50. The van der Waals surface area contributed by atoms with E-state index in [-0.39, 0.29) is 6.04 Å². The van der Waals surface area contributed by atoms with Crippen LogP contribution in [-0.2, 0) is 10.0 Å². The number of benzene rings is 1. The van der Waals surface area contributed by atoms with Crippen molar-refractivity contribution in [1.29, 1.82) is 0 Å². The van der Waals surface area contributed by atoms with Gasteiger partial charge in [0.2, 0.25) is 10.0 Å². The van der Waals surface area contributed by atoms with E-state index in [0.29, 0.717) is 24.5 Å². The Balaban J connectivity index is 1.94. The van der Waals surface area contributed by atoms with Gasteiger partial charge in [-0.15, -0.1) is 0 Å². The van der Waals surface area contributed by atoms with Crippen LogP contribution in [0.5, 0.6) is 0 Å². The number of rotatable bonds is 4. The average Bonchev–Trinajstić information content (AvgIpc) is 2.62. The Morgan fingerprint density at radius 1 is 1.21 bits per heavy atom. The van der Waals surface area contributed by atoms with Gasteiger partial charge in [-0.05, 0) is 35.9 Å². The van der Waals surface area contributed by atoms with Crippen molar-refractivity contribution in [3.63, 3.8) is 0 Å². The third-order valence-corrected chi connectivity index (χ3v) is 6.15. The Morgan fingerprint density at radius 3 is 2.58 bits per heavy atom. The molecule has 0 bridgehead atoms. The summed E-state index contributed by atoms with van der Waals surface area (Å²) < 4.78 is 27.8. The summed E-state index contributed by atoms with van der Waals surface area (Å²) in [6.45, 7) is 1.67. The Kier molecular flexibility index (Phi) is 4.84. The maximum atomic E-state index is 13.1. The monoisotopic (exact) mass is 346 g/mol. The highest BCUT2D eigenvalue weighted by Gasteiger charge is 2.34. The normalized spacial score (nSPS) is 19.2. The molecular weight excluding hydrogens is 324 g/mol.